The molecular weight excluding hydrogens is 328 g/mol. The van der Waals surface area contributed by atoms with Gasteiger partial charge in [0.2, 0.25) is 0 Å². The van der Waals surface area contributed by atoms with E-state index in [4.69, 9.17) is 15.5 Å². The molecule has 0 aliphatic carbocycles. The summed E-state index contributed by atoms with van der Waals surface area (Å²) in [7, 11) is 1.62. The van der Waals surface area contributed by atoms with Crippen molar-refractivity contribution in [2.75, 3.05) is 12.8 Å². The maximum absolute atomic E-state index is 9.92. The molecule has 0 aliphatic rings. The second-order valence-corrected chi connectivity index (χ2v) is 6.42. The number of methoxy groups -OCH3 is 1. The Morgan fingerprint density at radius 2 is 1.92 bits per heavy atom. The average molecular weight is 350 g/mol. The van der Waals surface area contributed by atoms with Crippen LogP contribution in [0.2, 0.25) is 0 Å². The fourth-order valence-corrected chi connectivity index (χ4v) is 3.54. The Bertz CT molecular complexity index is 1070. The zero-order valence-electron chi connectivity index (χ0n) is 15.6. The first-order chi connectivity index (χ1) is 12.4. The number of aryl methyl sites for hydroxylation is 2. The summed E-state index contributed by atoms with van der Waals surface area (Å²) in [6.07, 6.45) is 0. The van der Waals surface area contributed by atoms with Crippen LogP contribution in [0.5, 0.6) is 5.75 Å². The van der Waals surface area contributed by atoms with Crippen molar-refractivity contribution in [1.29, 1.82) is 5.26 Å². The van der Waals surface area contributed by atoms with Gasteiger partial charge in [-0.1, -0.05) is 6.07 Å². The minimum Gasteiger partial charge on any atom is -0.496 e. The SMILES string of the molecule is COc1ccc(C)c(-n2c(N)c(C#N)c3c(CO)c(C)c(C)nc32)c1C. The lowest BCUT2D eigenvalue weighted by Gasteiger charge is -2.17. The van der Waals surface area contributed by atoms with E-state index in [2.05, 4.69) is 6.07 Å². The van der Waals surface area contributed by atoms with Crippen LogP contribution in [0.3, 0.4) is 0 Å². The summed E-state index contributed by atoms with van der Waals surface area (Å²) in [5, 5.41) is 20.2. The van der Waals surface area contributed by atoms with Crippen LogP contribution in [0, 0.1) is 39.0 Å². The standard InChI is InChI=1S/C20H22N4O2/c1-10-6-7-16(26-5)12(3)18(10)24-19(22)14(8-21)17-15(9-25)11(2)13(4)23-20(17)24/h6-7,25H,9,22H2,1-5H3. The number of aromatic nitrogens is 2. The first-order valence-electron chi connectivity index (χ1n) is 8.32. The van der Waals surface area contributed by atoms with Crippen molar-refractivity contribution in [3.63, 3.8) is 0 Å². The average Bonchev–Trinajstić information content (AvgIpc) is 2.88. The van der Waals surface area contributed by atoms with Gasteiger partial charge in [0, 0.05) is 16.6 Å². The van der Waals surface area contributed by atoms with Crippen LogP contribution in [0.15, 0.2) is 12.1 Å². The minimum atomic E-state index is -0.181. The number of hydrogen-bond acceptors (Lipinski definition) is 5. The zero-order valence-corrected chi connectivity index (χ0v) is 15.6. The number of aliphatic hydroxyl groups excluding tert-OH is 1. The molecule has 0 fully saturated rings. The van der Waals surface area contributed by atoms with Crippen molar-refractivity contribution in [3.8, 4) is 17.5 Å². The van der Waals surface area contributed by atoms with Gasteiger partial charge in [-0.15, -0.1) is 0 Å². The number of nitrogens with two attached hydrogens (primary N) is 1. The minimum absolute atomic E-state index is 0.181. The Morgan fingerprint density at radius 1 is 1.23 bits per heavy atom. The highest BCUT2D eigenvalue weighted by Gasteiger charge is 2.24. The van der Waals surface area contributed by atoms with E-state index in [9.17, 15) is 10.4 Å². The number of aliphatic hydroxyl groups is 1. The molecule has 0 aliphatic heterocycles. The van der Waals surface area contributed by atoms with Crippen molar-refractivity contribution in [1.82, 2.24) is 9.55 Å². The van der Waals surface area contributed by atoms with Gasteiger partial charge in [0.05, 0.1) is 19.4 Å². The third-order valence-electron chi connectivity index (χ3n) is 5.05. The molecule has 0 spiro atoms. The predicted molar refractivity (Wildman–Crippen MR) is 102 cm³/mol. The number of fused-ring (bicyclic) bond motifs is 1. The van der Waals surface area contributed by atoms with Crippen LogP contribution >= 0.6 is 0 Å². The van der Waals surface area contributed by atoms with Crippen LogP contribution in [0.4, 0.5) is 5.82 Å². The van der Waals surface area contributed by atoms with E-state index in [0.29, 0.717) is 28.0 Å². The van der Waals surface area contributed by atoms with E-state index in [1.165, 1.54) is 0 Å². The second kappa shape index (κ2) is 6.36. The van der Waals surface area contributed by atoms with Gasteiger partial charge in [0.25, 0.3) is 0 Å². The number of hydrogen-bond donors (Lipinski definition) is 2. The van der Waals surface area contributed by atoms with Gasteiger partial charge in [0.15, 0.2) is 0 Å². The Balaban J connectivity index is 2.57. The maximum atomic E-state index is 9.92. The lowest BCUT2D eigenvalue weighted by molar-refractivity contribution is 0.282. The molecule has 3 aromatic rings. The van der Waals surface area contributed by atoms with E-state index in [0.717, 1.165) is 33.8 Å². The number of benzene rings is 1. The van der Waals surface area contributed by atoms with Gasteiger partial charge >= 0.3 is 0 Å². The van der Waals surface area contributed by atoms with Crippen molar-refractivity contribution in [3.05, 3.63) is 45.6 Å². The van der Waals surface area contributed by atoms with E-state index < -0.39 is 0 Å². The monoisotopic (exact) mass is 350 g/mol. The molecule has 2 heterocycles. The molecule has 0 amide bonds. The van der Waals surface area contributed by atoms with Crippen molar-refractivity contribution in [2.24, 2.45) is 0 Å². The number of ether oxygens (including phenoxy) is 1. The van der Waals surface area contributed by atoms with Gasteiger partial charge in [0.1, 0.15) is 28.8 Å². The Morgan fingerprint density at radius 3 is 2.50 bits per heavy atom. The largest absolute Gasteiger partial charge is 0.496 e. The molecule has 3 rings (SSSR count). The molecule has 0 bridgehead atoms. The van der Waals surface area contributed by atoms with Gasteiger partial charge in [-0.25, -0.2) is 4.98 Å². The maximum Gasteiger partial charge on any atom is 0.148 e. The van der Waals surface area contributed by atoms with Gasteiger partial charge in [-0.05, 0) is 50.5 Å². The lowest BCUT2D eigenvalue weighted by Crippen LogP contribution is -2.07. The van der Waals surface area contributed by atoms with Crippen LogP contribution in [0.1, 0.15) is 33.5 Å². The molecule has 26 heavy (non-hydrogen) atoms. The third-order valence-corrected chi connectivity index (χ3v) is 5.05. The summed E-state index contributed by atoms with van der Waals surface area (Å²) in [6.45, 7) is 7.53. The fraction of sp³-hybridized carbons (Fsp3) is 0.300. The number of pyridine rings is 1. The number of anilines is 1. The molecule has 6 heteroatoms. The van der Waals surface area contributed by atoms with Crippen molar-refractivity contribution < 1.29 is 9.84 Å². The van der Waals surface area contributed by atoms with E-state index >= 15 is 0 Å². The topological polar surface area (TPSA) is 97.1 Å². The molecule has 0 saturated heterocycles. The van der Waals surface area contributed by atoms with E-state index in [1.54, 1.807) is 11.7 Å². The molecular formula is C20H22N4O2. The fourth-order valence-electron chi connectivity index (χ4n) is 3.54. The normalized spacial score (nSPS) is 11.0. The number of nitrogens with zero attached hydrogens (tertiary/aromatic N) is 3. The summed E-state index contributed by atoms with van der Waals surface area (Å²) < 4.78 is 7.25. The number of nitrogen functional groups attached to an aromatic ring is 1. The van der Waals surface area contributed by atoms with Crippen LogP contribution in [-0.2, 0) is 6.61 Å². The first-order valence-corrected chi connectivity index (χ1v) is 8.32. The molecule has 0 unspecified atom stereocenters. The van der Waals surface area contributed by atoms with Crippen molar-refractivity contribution >= 4 is 16.9 Å². The van der Waals surface area contributed by atoms with Crippen LogP contribution in [-0.4, -0.2) is 21.8 Å². The second-order valence-electron chi connectivity index (χ2n) is 6.42. The molecule has 0 atom stereocenters. The predicted octanol–water partition coefficient (Wildman–Crippen LogP) is 3.21. The summed E-state index contributed by atoms with van der Waals surface area (Å²) in [5.41, 5.74) is 12.4. The smallest absolute Gasteiger partial charge is 0.148 e. The highest BCUT2D eigenvalue weighted by molar-refractivity contribution is 5.95. The Hall–Kier alpha value is -3.04. The molecule has 3 N–H and O–H groups in total. The number of nitriles is 1. The van der Waals surface area contributed by atoms with Gasteiger partial charge in [-0.2, -0.15) is 5.26 Å². The first kappa shape index (κ1) is 17.8. The third kappa shape index (κ3) is 2.32. The molecule has 2 aromatic heterocycles. The van der Waals surface area contributed by atoms with E-state index in [-0.39, 0.29) is 6.61 Å². The molecule has 1 aromatic carbocycles. The highest BCUT2D eigenvalue weighted by Crippen LogP contribution is 2.38. The van der Waals surface area contributed by atoms with Crippen LogP contribution < -0.4 is 10.5 Å². The van der Waals surface area contributed by atoms with E-state index in [1.807, 2.05) is 39.8 Å². The summed E-state index contributed by atoms with van der Waals surface area (Å²) in [6, 6.07) is 6.05. The van der Waals surface area contributed by atoms with Gasteiger partial charge < -0.3 is 15.6 Å². The Labute approximate surface area is 152 Å². The van der Waals surface area contributed by atoms with Crippen molar-refractivity contribution in [2.45, 2.75) is 34.3 Å². The number of rotatable bonds is 3. The quantitative estimate of drug-likeness (QED) is 0.756. The molecule has 134 valence electrons. The lowest BCUT2D eigenvalue weighted by atomic mass is 10.0. The Kier molecular flexibility index (Phi) is 4.34. The molecule has 0 saturated carbocycles. The van der Waals surface area contributed by atoms with Crippen LogP contribution in [0.25, 0.3) is 16.7 Å². The highest BCUT2D eigenvalue weighted by atomic mass is 16.5. The zero-order chi connectivity index (χ0) is 19.2. The summed E-state index contributed by atoms with van der Waals surface area (Å²) >= 11 is 0. The summed E-state index contributed by atoms with van der Waals surface area (Å²) in [4.78, 5) is 4.71. The van der Waals surface area contributed by atoms with Gasteiger partial charge in [-0.3, -0.25) is 4.57 Å². The molecule has 6 nitrogen and oxygen atoms in total. The summed E-state index contributed by atoms with van der Waals surface area (Å²) in [5.74, 6) is 1.05. The molecule has 0 radical (unpaired) electrons.